The molecule has 1 fully saturated rings. The van der Waals surface area contributed by atoms with Gasteiger partial charge in [-0.25, -0.2) is 0 Å². The van der Waals surface area contributed by atoms with Crippen molar-refractivity contribution in [2.24, 2.45) is 0 Å². The van der Waals surface area contributed by atoms with E-state index >= 15 is 0 Å². The van der Waals surface area contributed by atoms with Crippen molar-refractivity contribution in [3.63, 3.8) is 0 Å². The molecule has 0 unspecified atom stereocenters. The van der Waals surface area contributed by atoms with Gasteiger partial charge in [0.25, 0.3) is 5.91 Å². The predicted molar refractivity (Wildman–Crippen MR) is 71.1 cm³/mol. The third-order valence-corrected chi connectivity index (χ3v) is 3.75. The summed E-state index contributed by atoms with van der Waals surface area (Å²) in [5, 5.41) is 6.49. The Hall–Kier alpha value is -1.62. The van der Waals surface area contributed by atoms with Crippen LogP contribution in [-0.4, -0.2) is 27.5 Å². The summed E-state index contributed by atoms with van der Waals surface area (Å²) in [4.78, 5) is 14.1. The highest BCUT2D eigenvalue weighted by Crippen LogP contribution is 2.35. The maximum absolute atomic E-state index is 12.2. The SMILES string of the molecule is O=C(c1cn[nH]c1)N1CC[C@H]1c1cccc(Br)c1. The van der Waals surface area contributed by atoms with Crippen LogP contribution in [0.15, 0.2) is 41.1 Å². The van der Waals surface area contributed by atoms with Crippen LogP contribution >= 0.6 is 15.9 Å². The maximum atomic E-state index is 12.2. The van der Waals surface area contributed by atoms with Crippen molar-refractivity contribution in [2.75, 3.05) is 6.54 Å². The van der Waals surface area contributed by atoms with E-state index in [4.69, 9.17) is 0 Å². The zero-order chi connectivity index (χ0) is 12.5. The minimum atomic E-state index is 0.0416. The van der Waals surface area contributed by atoms with Gasteiger partial charge in [0.05, 0.1) is 17.8 Å². The molecule has 1 aliphatic rings. The first kappa shape index (κ1) is 11.5. The second-order valence-electron chi connectivity index (χ2n) is 4.35. The number of halogens is 1. The van der Waals surface area contributed by atoms with Crippen LogP contribution in [0.3, 0.4) is 0 Å². The standard InChI is InChI=1S/C13H12BrN3O/c14-11-3-1-2-9(6-11)12-4-5-17(12)13(18)10-7-15-16-8-10/h1-3,6-8,12H,4-5H2,(H,15,16)/t12-/m0/s1. The summed E-state index contributed by atoms with van der Waals surface area (Å²) in [5.74, 6) is 0.0416. The first-order valence-corrected chi connectivity index (χ1v) is 6.60. The van der Waals surface area contributed by atoms with Crippen LogP contribution in [0.1, 0.15) is 28.4 Å². The second-order valence-corrected chi connectivity index (χ2v) is 5.26. The summed E-state index contributed by atoms with van der Waals surface area (Å²) >= 11 is 3.46. The van der Waals surface area contributed by atoms with E-state index in [-0.39, 0.29) is 11.9 Å². The lowest BCUT2D eigenvalue weighted by Gasteiger charge is -2.41. The van der Waals surface area contributed by atoms with E-state index in [2.05, 4.69) is 38.3 Å². The Labute approximate surface area is 113 Å². The summed E-state index contributed by atoms with van der Waals surface area (Å²) in [5.41, 5.74) is 1.79. The molecule has 4 nitrogen and oxygen atoms in total. The number of aromatic nitrogens is 2. The molecule has 1 N–H and O–H groups in total. The minimum absolute atomic E-state index is 0.0416. The molecule has 0 bridgehead atoms. The Bertz CT molecular complexity index is 567. The van der Waals surface area contributed by atoms with E-state index in [1.54, 1.807) is 12.4 Å². The lowest BCUT2D eigenvalue weighted by molar-refractivity contribution is 0.0460. The van der Waals surface area contributed by atoms with Crippen molar-refractivity contribution in [1.29, 1.82) is 0 Å². The van der Waals surface area contributed by atoms with Gasteiger partial charge >= 0.3 is 0 Å². The van der Waals surface area contributed by atoms with Crippen LogP contribution in [-0.2, 0) is 0 Å². The molecule has 92 valence electrons. The van der Waals surface area contributed by atoms with Gasteiger partial charge in [-0.1, -0.05) is 28.1 Å². The van der Waals surface area contributed by atoms with Gasteiger partial charge in [0.15, 0.2) is 0 Å². The summed E-state index contributed by atoms with van der Waals surface area (Å²) in [7, 11) is 0. The molecule has 2 aromatic rings. The largest absolute Gasteiger partial charge is 0.331 e. The fourth-order valence-electron chi connectivity index (χ4n) is 2.22. The van der Waals surface area contributed by atoms with Crippen molar-refractivity contribution in [3.8, 4) is 0 Å². The number of benzene rings is 1. The van der Waals surface area contributed by atoms with Crippen LogP contribution in [0.2, 0.25) is 0 Å². The van der Waals surface area contributed by atoms with Gasteiger partial charge in [-0.15, -0.1) is 0 Å². The molecular formula is C13H12BrN3O. The number of rotatable bonds is 2. The highest BCUT2D eigenvalue weighted by atomic mass is 79.9. The number of amides is 1. The fourth-order valence-corrected chi connectivity index (χ4v) is 2.64. The maximum Gasteiger partial charge on any atom is 0.257 e. The molecule has 1 amide bonds. The molecule has 3 rings (SSSR count). The number of nitrogens with zero attached hydrogens (tertiary/aromatic N) is 2. The van der Waals surface area contributed by atoms with Crippen molar-refractivity contribution >= 4 is 21.8 Å². The van der Waals surface area contributed by atoms with E-state index in [0.717, 1.165) is 17.4 Å². The number of hydrogen-bond acceptors (Lipinski definition) is 2. The van der Waals surface area contributed by atoms with Crippen molar-refractivity contribution in [1.82, 2.24) is 15.1 Å². The predicted octanol–water partition coefficient (Wildman–Crippen LogP) is 2.76. The third kappa shape index (κ3) is 1.95. The van der Waals surface area contributed by atoms with E-state index in [1.807, 2.05) is 17.0 Å². The fraction of sp³-hybridized carbons (Fsp3) is 0.231. The summed E-state index contributed by atoms with van der Waals surface area (Å²) < 4.78 is 1.04. The Morgan fingerprint density at radius 3 is 3.00 bits per heavy atom. The number of likely N-dealkylation sites (tertiary alicyclic amines) is 1. The monoisotopic (exact) mass is 305 g/mol. The Morgan fingerprint density at radius 2 is 2.39 bits per heavy atom. The zero-order valence-corrected chi connectivity index (χ0v) is 11.2. The lowest BCUT2D eigenvalue weighted by atomic mass is 9.94. The summed E-state index contributed by atoms with van der Waals surface area (Å²) in [6.45, 7) is 0.807. The average Bonchev–Trinajstić information content (AvgIpc) is 2.80. The average molecular weight is 306 g/mol. The molecule has 0 saturated carbocycles. The number of hydrogen-bond donors (Lipinski definition) is 1. The van der Waals surface area contributed by atoms with Crippen LogP contribution < -0.4 is 0 Å². The van der Waals surface area contributed by atoms with E-state index < -0.39 is 0 Å². The van der Waals surface area contributed by atoms with Crippen molar-refractivity contribution < 1.29 is 4.79 Å². The van der Waals surface area contributed by atoms with Gasteiger partial charge in [0.2, 0.25) is 0 Å². The molecule has 0 spiro atoms. The molecule has 1 aliphatic heterocycles. The van der Waals surface area contributed by atoms with E-state index in [9.17, 15) is 4.79 Å². The third-order valence-electron chi connectivity index (χ3n) is 3.26. The summed E-state index contributed by atoms with van der Waals surface area (Å²) in [6.07, 6.45) is 4.22. The van der Waals surface area contributed by atoms with E-state index in [0.29, 0.717) is 5.56 Å². The van der Waals surface area contributed by atoms with Gasteiger partial charge in [0.1, 0.15) is 0 Å². The number of aromatic amines is 1. The molecule has 1 aromatic heterocycles. The highest BCUT2D eigenvalue weighted by molar-refractivity contribution is 9.10. The van der Waals surface area contributed by atoms with Crippen molar-refractivity contribution in [3.05, 3.63) is 52.3 Å². The smallest absolute Gasteiger partial charge is 0.257 e. The molecule has 5 heteroatoms. The molecule has 1 aromatic carbocycles. The van der Waals surface area contributed by atoms with Crippen LogP contribution in [0.25, 0.3) is 0 Å². The number of carbonyl (C=O) groups is 1. The second kappa shape index (κ2) is 4.57. The Balaban J connectivity index is 1.82. The topological polar surface area (TPSA) is 49.0 Å². The molecule has 18 heavy (non-hydrogen) atoms. The highest BCUT2D eigenvalue weighted by Gasteiger charge is 2.34. The summed E-state index contributed by atoms with van der Waals surface area (Å²) in [6, 6.07) is 8.30. The van der Waals surface area contributed by atoms with E-state index in [1.165, 1.54) is 5.56 Å². The lowest BCUT2D eigenvalue weighted by Crippen LogP contribution is -2.45. The van der Waals surface area contributed by atoms with Crippen molar-refractivity contribution in [2.45, 2.75) is 12.5 Å². The number of H-pyrrole nitrogens is 1. The first-order chi connectivity index (χ1) is 8.75. The quantitative estimate of drug-likeness (QED) is 0.927. The molecule has 1 saturated heterocycles. The van der Waals surface area contributed by atoms with Crippen LogP contribution in [0.5, 0.6) is 0 Å². The molecule has 2 heterocycles. The van der Waals surface area contributed by atoms with Gasteiger partial charge < -0.3 is 4.90 Å². The van der Waals surface area contributed by atoms with Gasteiger partial charge in [-0.2, -0.15) is 5.10 Å². The first-order valence-electron chi connectivity index (χ1n) is 5.81. The molecule has 1 atom stereocenters. The minimum Gasteiger partial charge on any atom is -0.331 e. The molecular weight excluding hydrogens is 294 g/mol. The number of nitrogens with one attached hydrogen (secondary N) is 1. The number of carbonyl (C=O) groups excluding carboxylic acids is 1. The zero-order valence-electron chi connectivity index (χ0n) is 9.64. The van der Waals surface area contributed by atoms with Gasteiger partial charge in [-0.3, -0.25) is 9.89 Å². The van der Waals surface area contributed by atoms with Crippen LogP contribution in [0, 0.1) is 0 Å². The molecule has 0 aliphatic carbocycles. The Kier molecular flexibility index (Phi) is 2.91. The normalized spacial score (nSPS) is 18.5. The molecule has 0 radical (unpaired) electrons. The van der Waals surface area contributed by atoms with Gasteiger partial charge in [0, 0.05) is 17.2 Å². The van der Waals surface area contributed by atoms with Gasteiger partial charge in [-0.05, 0) is 24.1 Å². The van der Waals surface area contributed by atoms with Crippen LogP contribution in [0.4, 0.5) is 0 Å². The Morgan fingerprint density at radius 1 is 1.50 bits per heavy atom.